The van der Waals surface area contributed by atoms with Gasteiger partial charge in [0, 0.05) is 44.6 Å². The van der Waals surface area contributed by atoms with Crippen LogP contribution in [-0.4, -0.2) is 65.4 Å². The fourth-order valence-corrected chi connectivity index (χ4v) is 4.17. The Morgan fingerprint density at radius 1 is 1.00 bits per heavy atom. The van der Waals surface area contributed by atoms with Gasteiger partial charge in [0.15, 0.2) is 0 Å². The Kier molecular flexibility index (Phi) is 5.19. The van der Waals surface area contributed by atoms with Crippen LogP contribution in [0.4, 0.5) is 19.0 Å². The maximum atomic E-state index is 12.3. The molecule has 3 heterocycles. The first-order valence-corrected chi connectivity index (χ1v) is 9.60. The maximum absolute atomic E-state index is 12.3. The fraction of sp³-hybridized carbons (Fsp3) is 0.467. The number of hydrogen-bond acceptors (Lipinski definition) is 5. The maximum Gasteiger partial charge on any atom is 0.390 e. The summed E-state index contributed by atoms with van der Waals surface area (Å²) in [5, 5.41) is 0. The average Bonchev–Trinajstić information content (AvgIpc) is 3.15. The van der Waals surface area contributed by atoms with Gasteiger partial charge in [-0.2, -0.15) is 17.5 Å². The van der Waals surface area contributed by atoms with Crippen LogP contribution in [0.3, 0.4) is 0 Å². The van der Waals surface area contributed by atoms with Gasteiger partial charge in [-0.3, -0.25) is 0 Å². The van der Waals surface area contributed by atoms with Crippen LogP contribution < -0.4 is 4.90 Å². The number of sulfonamides is 1. The average molecular weight is 389 g/mol. The molecule has 1 fully saturated rings. The summed E-state index contributed by atoms with van der Waals surface area (Å²) < 4.78 is 63.9. The van der Waals surface area contributed by atoms with Crippen molar-refractivity contribution in [1.82, 2.24) is 18.8 Å². The quantitative estimate of drug-likeness (QED) is 0.778. The van der Waals surface area contributed by atoms with E-state index >= 15 is 0 Å². The van der Waals surface area contributed by atoms with Crippen LogP contribution in [0.25, 0.3) is 5.82 Å². The van der Waals surface area contributed by atoms with Crippen LogP contribution in [0, 0.1) is 0 Å². The highest BCUT2D eigenvalue weighted by molar-refractivity contribution is 7.89. The van der Waals surface area contributed by atoms with Crippen molar-refractivity contribution in [2.24, 2.45) is 0 Å². The van der Waals surface area contributed by atoms with E-state index in [1.807, 2.05) is 34.0 Å². The van der Waals surface area contributed by atoms with E-state index in [1.165, 1.54) is 6.33 Å². The van der Waals surface area contributed by atoms with Crippen LogP contribution in [0.5, 0.6) is 0 Å². The molecule has 0 aromatic carbocycles. The van der Waals surface area contributed by atoms with Gasteiger partial charge in [0.25, 0.3) is 0 Å². The summed E-state index contributed by atoms with van der Waals surface area (Å²) in [7, 11) is -3.92. The first-order valence-electron chi connectivity index (χ1n) is 7.99. The summed E-state index contributed by atoms with van der Waals surface area (Å²) in [5.41, 5.74) is 0. The van der Waals surface area contributed by atoms with Crippen LogP contribution >= 0.6 is 0 Å². The molecule has 0 N–H and O–H groups in total. The number of nitrogens with zero attached hydrogens (tertiary/aromatic N) is 5. The Morgan fingerprint density at radius 3 is 2.23 bits per heavy atom. The van der Waals surface area contributed by atoms with Gasteiger partial charge in [0.1, 0.15) is 18.0 Å². The highest BCUT2D eigenvalue weighted by Crippen LogP contribution is 2.22. The van der Waals surface area contributed by atoms with Gasteiger partial charge in [-0.15, -0.1) is 0 Å². The number of halogens is 3. The summed E-state index contributed by atoms with van der Waals surface area (Å²) >= 11 is 0. The van der Waals surface area contributed by atoms with Crippen molar-refractivity contribution in [1.29, 1.82) is 0 Å². The number of aromatic nitrogens is 3. The van der Waals surface area contributed by atoms with Crippen molar-refractivity contribution >= 4 is 15.8 Å². The van der Waals surface area contributed by atoms with E-state index in [9.17, 15) is 21.6 Å². The summed E-state index contributed by atoms with van der Waals surface area (Å²) in [4.78, 5) is 10.3. The highest BCUT2D eigenvalue weighted by Gasteiger charge is 2.33. The zero-order valence-electron chi connectivity index (χ0n) is 13.8. The zero-order chi connectivity index (χ0) is 18.8. The molecule has 1 saturated heterocycles. The third kappa shape index (κ3) is 4.52. The predicted octanol–water partition coefficient (Wildman–Crippen LogP) is 1.67. The van der Waals surface area contributed by atoms with Crippen molar-refractivity contribution < 1.29 is 21.6 Å². The Morgan fingerprint density at radius 2 is 1.62 bits per heavy atom. The molecule has 3 rings (SSSR count). The molecule has 1 aliphatic heterocycles. The molecule has 0 amide bonds. The zero-order valence-corrected chi connectivity index (χ0v) is 14.6. The van der Waals surface area contributed by atoms with E-state index in [-0.39, 0.29) is 13.1 Å². The molecule has 0 atom stereocenters. The fourth-order valence-electron chi connectivity index (χ4n) is 2.71. The van der Waals surface area contributed by atoms with Crippen LogP contribution in [-0.2, 0) is 10.0 Å². The van der Waals surface area contributed by atoms with E-state index in [0.717, 1.165) is 4.31 Å². The van der Waals surface area contributed by atoms with Crippen LogP contribution in [0.15, 0.2) is 36.9 Å². The Hall–Kier alpha value is -2.14. The minimum atomic E-state index is -4.48. The van der Waals surface area contributed by atoms with Gasteiger partial charge >= 0.3 is 6.18 Å². The van der Waals surface area contributed by atoms with E-state index in [2.05, 4.69) is 9.97 Å². The largest absolute Gasteiger partial charge is 0.390 e. The lowest BCUT2D eigenvalue weighted by Gasteiger charge is -2.34. The third-order valence-corrected chi connectivity index (χ3v) is 5.98. The molecule has 0 saturated carbocycles. The van der Waals surface area contributed by atoms with Crippen LogP contribution in [0.2, 0.25) is 0 Å². The lowest BCUT2D eigenvalue weighted by atomic mass is 10.3. The smallest absolute Gasteiger partial charge is 0.354 e. The molecule has 0 bridgehead atoms. The molecule has 2 aromatic heterocycles. The summed E-state index contributed by atoms with van der Waals surface area (Å²) in [6.07, 6.45) is -0.696. The Bertz CT molecular complexity index is 831. The molecular weight excluding hydrogens is 371 g/mol. The summed E-state index contributed by atoms with van der Waals surface area (Å²) in [5.74, 6) is 0.415. The van der Waals surface area contributed by atoms with Crippen molar-refractivity contribution in [3.63, 3.8) is 0 Å². The van der Waals surface area contributed by atoms with Crippen molar-refractivity contribution in [2.45, 2.75) is 12.6 Å². The molecule has 2 aromatic rings. The Labute approximate surface area is 149 Å². The molecule has 11 heteroatoms. The third-order valence-electron chi connectivity index (χ3n) is 4.11. The number of anilines is 1. The highest BCUT2D eigenvalue weighted by atomic mass is 32.2. The summed E-state index contributed by atoms with van der Waals surface area (Å²) in [6, 6.07) is 5.52. The van der Waals surface area contributed by atoms with Gasteiger partial charge in [-0.1, -0.05) is 0 Å². The predicted molar refractivity (Wildman–Crippen MR) is 89.6 cm³/mol. The van der Waals surface area contributed by atoms with E-state index in [1.54, 1.807) is 6.07 Å². The van der Waals surface area contributed by atoms with E-state index in [4.69, 9.17) is 0 Å². The van der Waals surface area contributed by atoms with Gasteiger partial charge < -0.3 is 9.47 Å². The van der Waals surface area contributed by atoms with Gasteiger partial charge in [0.2, 0.25) is 10.0 Å². The van der Waals surface area contributed by atoms with Gasteiger partial charge in [0.05, 0.1) is 12.2 Å². The number of alkyl halides is 3. The van der Waals surface area contributed by atoms with Gasteiger partial charge in [-0.25, -0.2) is 18.4 Å². The Balaban J connectivity index is 1.63. The molecule has 0 spiro atoms. The lowest BCUT2D eigenvalue weighted by molar-refractivity contribution is -0.130. The molecule has 7 nitrogen and oxygen atoms in total. The van der Waals surface area contributed by atoms with Gasteiger partial charge in [-0.05, 0) is 12.1 Å². The topological polar surface area (TPSA) is 71.3 Å². The minimum Gasteiger partial charge on any atom is -0.354 e. The second-order valence-electron chi connectivity index (χ2n) is 5.89. The van der Waals surface area contributed by atoms with Crippen molar-refractivity contribution in [2.75, 3.05) is 36.8 Å². The SMILES string of the molecule is O=S(=O)(CCC(F)(F)F)N1CCN(c2cc(-n3cccc3)ncn2)CC1. The first kappa shape index (κ1) is 18.6. The molecular formula is C15H18F3N5O2S. The summed E-state index contributed by atoms with van der Waals surface area (Å²) in [6.45, 7) is 0.965. The standard InChI is InChI=1S/C15H18F3N5O2S/c16-15(17,18)3-10-26(24,25)23-8-6-22(7-9-23)14-11-13(19-12-20-14)21-4-1-2-5-21/h1-2,4-5,11-12H,3,6-10H2. The van der Waals surface area contributed by atoms with E-state index < -0.39 is 28.4 Å². The van der Waals surface area contributed by atoms with E-state index in [0.29, 0.717) is 24.7 Å². The molecule has 0 radical (unpaired) electrons. The number of piperazine rings is 1. The normalized spacial score (nSPS) is 16.8. The second kappa shape index (κ2) is 7.23. The monoisotopic (exact) mass is 389 g/mol. The number of hydrogen-bond donors (Lipinski definition) is 0. The molecule has 0 aliphatic carbocycles. The first-order chi connectivity index (χ1) is 12.2. The molecule has 26 heavy (non-hydrogen) atoms. The molecule has 142 valence electrons. The van der Waals surface area contributed by atoms with Crippen molar-refractivity contribution in [3.05, 3.63) is 36.9 Å². The minimum absolute atomic E-state index is 0.128. The van der Waals surface area contributed by atoms with Crippen LogP contribution in [0.1, 0.15) is 6.42 Å². The molecule has 1 aliphatic rings. The van der Waals surface area contributed by atoms with Crippen molar-refractivity contribution in [3.8, 4) is 5.82 Å². The number of rotatable bonds is 5. The lowest BCUT2D eigenvalue weighted by Crippen LogP contribution is -2.49. The molecule has 0 unspecified atom stereocenters. The second-order valence-corrected chi connectivity index (χ2v) is 7.98.